The predicted molar refractivity (Wildman–Crippen MR) is 85.5 cm³/mol. The lowest BCUT2D eigenvalue weighted by atomic mass is 10.1. The van der Waals surface area contributed by atoms with Gasteiger partial charge in [-0.2, -0.15) is 11.8 Å². The van der Waals surface area contributed by atoms with E-state index in [-0.39, 0.29) is 0 Å². The molecule has 19 heavy (non-hydrogen) atoms. The van der Waals surface area contributed by atoms with Crippen LogP contribution in [0.5, 0.6) is 0 Å². The molecular weight excluding hydrogens is 276 g/mol. The maximum absolute atomic E-state index is 6.12. The number of benzene rings is 1. The summed E-state index contributed by atoms with van der Waals surface area (Å²) in [6, 6.07) is 10.4. The number of nitrogens with zero attached hydrogens (tertiary/aromatic N) is 2. The molecule has 1 aromatic heterocycles. The van der Waals surface area contributed by atoms with Crippen LogP contribution in [0.25, 0.3) is 10.9 Å². The topological polar surface area (TPSA) is 16.1 Å². The van der Waals surface area contributed by atoms with Crippen molar-refractivity contribution in [3.63, 3.8) is 0 Å². The first-order valence-electron chi connectivity index (χ1n) is 6.66. The monoisotopic (exact) mass is 292 g/mol. The zero-order chi connectivity index (χ0) is 13.1. The van der Waals surface area contributed by atoms with Crippen LogP contribution < -0.4 is 4.90 Å². The van der Waals surface area contributed by atoms with Crippen LogP contribution in [0.1, 0.15) is 12.0 Å². The molecule has 100 valence electrons. The van der Waals surface area contributed by atoms with Gasteiger partial charge in [-0.05, 0) is 24.3 Å². The summed E-state index contributed by atoms with van der Waals surface area (Å²) in [7, 11) is 0. The molecule has 0 aliphatic carbocycles. The lowest BCUT2D eigenvalue weighted by Crippen LogP contribution is -2.27. The maximum Gasteiger partial charge on any atom is 0.133 e. The Hall–Kier alpha value is -0.930. The number of aromatic nitrogens is 1. The number of hydrogen-bond donors (Lipinski definition) is 0. The third-order valence-corrected chi connectivity index (χ3v) is 4.78. The Kier molecular flexibility index (Phi) is 4.14. The zero-order valence-electron chi connectivity index (χ0n) is 10.8. The number of rotatable bonds is 2. The van der Waals surface area contributed by atoms with Gasteiger partial charge in [-0.15, -0.1) is 11.6 Å². The minimum atomic E-state index is 0.525. The van der Waals surface area contributed by atoms with Crippen LogP contribution in [0.4, 0.5) is 5.82 Å². The molecule has 2 nitrogen and oxygen atoms in total. The molecule has 3 rings (SSSR count). The molecule has 0 atom stereocenters. The van der Waals surface area contributed by atoms with Crippen molar-refractivity contribution in [2.24, 2.45) is 0 Å². The van der Waals surface area contributed by atoms with Crippen molar-refractivity contribution in [3.8, 4) is 0 Å². The molecule has 4 heteroatoms. The molecule has 1 saturated heterocycles. The van der Waals surface area contributed by atoms with Gasteiger partial charge in [0.15, 0.2) is 0 Å². The largest absolute Gasteiger partial charge is 0.355 e. The number of alkyl halides is 1. The van der Waals surface area contributed by atoms with Crippen molar-refractivity contribution >= 4 is 40.1 Å². The molecule has 1 fully saturated rings. The molecule has 2 aromatic rings. The number of fused-ring (bicyclic) bond motifs is 1. The van der Waals surface area contributed by atoms with Crippen LogP contribution >= 0.6 is 23.4 Å². The highest BCUT2D eigenvalue weighted by Gasteiger charge is 2.15. The van der Waals surface area contributed by atoms with Crippen LogP contribution in [-0.4, -0.2) is 29.6 Å². The summed E-state index contributed by atoms with van der Waals surface area (Å²) in [6.45, 7) is 2.15. The van der Waals surface area contributed by atoms with Gasteiger partial charge in [0.2, 0.25) is 0 Å². The summed E-state index contributed by atoms with van der Waals surface area (Å²) in [4.78, 5) is 7.24. The molecule has 0 spiro atoms. The maximum atomic E-state index is 6.12. The van der Waals surface area contributed by atoms with E-state index in [9.17, 15) is 0 Å². The highest BCUT2D eigenvalue weighted by atomic mass is 35.5. The Labute approximate surface area is 123 Å². The van der Waals surface area contributed by atoms with Gasteiger partial charge in [0.25, 0.3) is 0 Å². The van der Waals surface area contributed by atoms with Crippen LogP contribution in [0, 0.1) is 0 Å². The molecule has 0 unspecified atom stereocenters. The first-order valence-corrected chi connectivity index (χ1v) is 8.35. The second-order valence-corrected chi connectivity index (χ2v) is 6.24. The SMILES string of the molecule is ClCc1cc2ccccc2nc1N1CCCSCC1. The summed E-state index contributed by atoms with van der Waals surface area (Å²) < 4.78 is 0. The van der Waals surface area contributed by atoms with Crippen molar-refractivity contribution in [1.29, 1.82) is 0 Å². The van der Waals surface area contributed by atoms with Gasteiger partial charge in [0.1, 0.15) is 5.82 Å². The van der Waals surface area contributed by atoms with Gasteiger partial charge in [-0.3, -0.25) is 0 Å². The molecule has 0 bridgehead atoms. The van der Waals surface area contributed by atoms with Crippen molar-refractivity contribution in [2.45, 2.75) is 12.3 Å². The van der Waals surface area contributed by atoms with Gasteiger partial charge >= 0.3 is 0 Å². The van der Waals surface area contributed by atoms with E-state index in [0.29, 0.717) is 5.88 Å². The average Bonchev–Trinajstić information content (AvgIpc) is 2.74. The van der Waals surface area contributed by atoms with Crippen molar-refractivity contribution < 1.29 is 0 Å². The van der Waals surface area contributed by atoms with Crippen molar-refractivity contribution in [1.82, 2.24) is 4.98 Å². The van der Waals surface area contributed by atoms with E-state index in [4.69, 9.17) is 16.6 Å². The number of halogens is 1. The summed E-state index contributed by atoms with van der Waals surface area (Å²) in [6.07, 6.45) is 1.22. The second-order valence-electron chi connectivity index (χ2n) is 4.75. The summed E-state index contributed by atoms with van der Waals surface area (Å²) in [5, 5.41) is 1.17. The lowest BCUT2D eigenvalue weighted by molar-refractivity contribution is 0.799. The minimum Gasteiger partial charge on any atom is -0.355 e. The molecule has 0 radical (unpaired) electrons. The standard InChI is InChI=1S/C15H17ClN2S/c16-11-13-10-12-4-1-2-5-14(12)17-15(13)18-6-3-8-19-9-7-18/h1-2,4-5,10H,3,6-9,11H2. The number of thioether (sulfide) groups is 1. The Morgan fingerprint density at radius 3 is 3.00 bits per heavy atom. The van der Waals surface area contributed by atoms with Crippen molar-refractivity contribution in [3.05, 3.63) is 35.9 Å². The fourth-order valence-corrected chi connectivity index (χ4v) is 3.56. The molecule has 0 N–H and O–H groups in total. The molecule has 0 amide bonds. The Bertz CT molecular complexity index is 565. The van der Waals surface area contributed by atoms with Crippen LogP contribution in [0.2, 0.25) is 0 Å². The van der Waals surface area contributed by atoms with Crippen molar-refractivity contribution in [2.75, 3.05) is 29.5 Å². The van der Waals surface area contributed by atoms with E-state index >= 15 is 0 Å². The summed E-state index contributed by atoms with van der Waals surface area (Å²) in [5.41, 5.74) is 2.20. The Morgan fingerprint density at radius 2 is 2.11 bits per heavy atom. The van der Waals surface area contributed by atoms with Crippen LogP contribution in [0.3, 0.4) is 0 Å². The predicted octanol–water partition coefficient (Wildman–Crippen LogP) is 3.92. The van der Waals surface area contributed by atoms with Gasteiger partial charge < -0.3 is 4.90 Å². The quantitative estimate of drug-likeness (QED) is 0.781. The fraction of sp³-hybridized carbons (Fsp3) is 0.400. The van der Waals surface area contributed by atoms with E-state index in [2.05, 4.69) is 23.1 Å². The van der Waals surface area contributed by atoms with Crippen LogP contribution in [0.15, 0.2) is 30.3 Å². The Balaban J connectivity index is 2.04. The molecule has 0 saturated carbocycles. The van der Waals surface area contributed by atoms with E-state index in [1.54, 1.807) is 0 Å². The molecule has 1 aliphatic heterocycles. The molecular formula is C15H17ClN2S. The normalized spacial score (nSPS) is 16.6. The third kappa shape index (κ3) is 2.82. The van der Waals surface area contributed by atoms with Gasteiger partial charge in [0, 0.05) is 29.8 Å². The summed E-state index contributed by atoms with van der Waals surface area (Å²) >= 11 is 8.15. The Morgan fingerprint density at radius 1 is 1.21 bits per heavy atom. The van der Waals surface area contributed by atoms with Crippen LogP contribution in [-0.2, 0) is 5.88 Å². The van der Waals surface area contributed by atoms with E-state index < -0.39 is 0 Å². The van der Waals surface area contributed by atoms with E-state index in [0.717, 1.165) is 30.0 Å². The molecule has 2 heterocycles. The van der Waals surface area contributed by atoms with Gasteiger partial charge in [0.05, 0.1) is 11.4 Å². The first kappa shape index (κ1) is 13.1. The molecule has 1 aliphatic rings. The second kappa shape index (κ2) is 6.02. The third-order valence-electron chi connectivity index (χ3n) is 3.45. The van der Waals surface area contributed by atoms with E-state index in [1.165, 1.54) is 23.3 Å². The highest BCUT2D eigenvalue weighted by molar-refractivity contribution is 7.99. The smallest absolute Gasteiger partial charge is 0.133 e. The van der Waals surface area contributed by atoms with Gasteiger partial charge in [-0.25, -0.2) is 4.98 Å². The average molecular weight is 293 g/mol. The first-order chi connectivity index (χ1) is 9.38. The van der Waals surface area contributed by atoms with E-state index in [1.807, 2.05) is 23.9 Å². The highest BCUT2D eigenvalue weighted by Crippen LogP contribution is 2.26. The van der Waals surface area contributed by atoms with Gasteiger partial charge in [-0.1, -0.05) is 18.2 Å². The lowest BCUT2D eigenvalue weighted by Gasteiger charge is -2.23. The number of anilines is 1. The molecule has 1 aromatic carbocycles. The fourth-order valence-electron chi connectivity index (χ4n) is 2.48. The summed E-state index contributed by atoms with van der Waals surface area (Å²) in [5.74, 6) is 4.03. The zero-order valence-corrected chi connectivity index (χ0v) is 12.4. The minimum absolute atomic E-state index is 0.525. The number of pyridine rings is 1. The number of para-hydroxylation sites is 1. The number of hydrogen-bond acceptors (Lipinski definition) is 3.